The van der Waals surface area contributed by atoms with Gasteiger partial charge in [0.1, 0.15) is 0 Å². The second kappa shape index (κ2) is 5.51. The van der Waals surface area contributed by atoms with Crippen molar-refractivity contribution in [3.63, 3.8) is 0 Å². The van der Waals surface area contributed by atoms with E-state index in [4.69, 9.17) is 0 Å². The summed E-state index contributed by atoms with van der Waals surface area (Å²) in [5, 5.41) is 14.1. The van der Waals surface area contributed by atoms with Gasteiger partial charge < -0.3 is 10.4 Å². The smallest absolute Gasteiger partial charge is 0.220 e. The second-order valence-electron chi connectivity index (χ2n) is 9.12. The van der Waals surface area contributed by atoms with Crippen molar-refractivity contribution in [2.75, 3.05) is 0 Å². The first-order valence-electron chi connectivity index (χ1n) is 9.56. The number of hydrogen-bond donors (Lipinski definition) is 2. The topological polar surface area (TPSA) is 49.3 Å². The fraction of sp³-hybridized carbons (Fsp3) is 0.947. The van der Waals surface area contributed by atoms with Gasteiger partial charge in [-0.05, 0) is 68.6 Å². The molecular weight excluding hydrogens is 274 g/mol. The van der Waals surface area contributed by atoms with Gasteiger partial charge in [-0.3, -0.25) is 4.79 Å². The molecule has 2 unspecified atom stereocenters. The number of amides is 1. The van der Waals surface area contributed by atoms with Gasteiger partial charge in [-0.25, -0.2) is 0 Å². The first kappa shape index (κ1) is 15.0. The minimum absolute atomic E-state index is 0.119. The summed E-state index contributed by atoms with van der Waals surface area (Å²) in [7, 11) is 0. The molecule has 0 aliphatic heterocycles. The average Bonchev–Trinajstić information content (AvgIpc) is 2.63. The summed E-state index contributed by atoms with van der Waals surface area (Å²) in [6.45, 7) is 0. The van der Waals surface area contributed by atoms with E-state index in [0.717, 1.165) is 32.1 Å². The van der Waals surface area contributed by atoms with Crippen LogP contribution in [0, 0.1) is 17.3 Å². The lowest BCUT2D eigenvalue weighted by atomic mass is 9.47. The van der Waals surface area contributed by atoms with E-state index in [0.29, 0.717) is 24.3 Å². The fourth-order valence-electron chi connectivity index (χ4n) is 6.65. The third-order valence-corrected chi connectivity index (χ3v) is 6.91. The van der Waals surface area contributed by atoms with Gasteiger partial charge in [-0.15, -0.1) is 0 Å². The Labute approximate surface area is 134 Å². The molecule has 124 valence electrons. The highest BCUT2D eigenvalue weighted by Gasteiger charge is 2.57. The lowest BCUT2D eigenvalue weighted by Crippen LogP contribution is -2.56. The average molecular weight is 305 g/mol. The molecule has 0 aromatic rings. The Morgan fingerprint density at radius 2 is 1.64 bits per heavy atom. The normalized spacial score (nSPS) is 44.8. The maximum Gasteiger partial charge on any atom is 0.220 e. The van der Waals surface area contributed by atoms with Crippen LogP contribution in [0.1, 0.15) is 83.5 Å². The van der Waals surface area contributed by atoms with Gasteiger partial charge in [-0.1, -0.05) is 25.7 Å². The van der Waals surface area contributed by atoms with Crippen molar-refractivity contribution in [2.24, 2.45) is 17.3 Å². The van der Waals surface area contributed by atoms with E-state index in [9.17, 15) is 9.90 Å². The Bertz CT molecular complexity index is 425. The highest BCUT2D eigenvalue weighted by Crippen LogP contribution is 2.62. The summed E-state index contributed by atoms with van der Waals surface area (Å²) in [5.74, 6) is 1.62. The number of nitrogens with one attached hydrogen (secondary N) is 1. The molecule has 5 fully saturated rings. The summed E-state index contributed by atoms with van der Waals surface area (Å²) in [4.78, 5) is 12.6. The maximum absolute atomic E-state index is 12.6. The zero-order chi connectivity index (χ0) is 15.2. The van der Waals surface area contributed by atoms with E-state index in [1.165, 1.54) is 44.9 Å². The van der Waals surface area contributed by atoms with Crippen LogP contribution in [-0.4, -0.2) is 22.7 Å². The van der Waals surface area contributed by atoms with Crippen LogP contribution in [0.5, 0.6) is 0 Å². The maximum atomic E-state index is 12.6. The number of hydrogen-bond acceptors (Lipinski definition) is 2. The van der Waals surface area contributed by atoms with Gasteiger partial charge in [-0.2, -0.15) is 0 Å². The van der Waals surface area contributed by atoms with Crippen LogP contribution in [-0.2, 0) is 4.79 Å². The molecule has 5 aliphatic carbocycles. The van der Waals surface area contributed by atoms with Crippen LogP contribution in [0.25, 0.3) is 0 Å². The standard InChI is InChI=1S/C19H31NO2/c21-17(20-16-5-3-1-2-4-6-16)12-18-8-14-7-15(9-18)11-19(22,10-14)13-18/h14-16,22H,1-13H2,(H,20,21). The van der Waals surface area contributed by atoms with E-state index in [1.54, 1.807) is 0 Å². The first-order chi connectivity index (χ1) is 10.5. The van der Waals surface area contributed by atoms with Crippen molar-refractivity contribution in [3.05, 3.63) is 0 Å². The van der Waals surface area contributed by atoms with Crippen molar-refractivity contribution in [3.8, 4) is 0 Å². The van der Waals surface area contributed by atoms with Gasteiger partial charge in [0.2, 0.25) is 5.91 Å². The van der Waals surface area contributed by atoms with Crippen LogP contribution < -0.4 is 5.32 Å². The molecule has 0 heterocycles. The van der Waals surface area contributed by atoms with Gasteiger partial charge in [0.05, 0.1) is 5.60 Å². The quantitative estimate of drug-likeness (QED) is 0.783. The molecule has 0 aromatic heterocycles. The molecule has 1 amide bonds. The van der Waals surface area contributed by atoms with Gasteiger partial charge in [0, 0.05) is 12.5 Å². The summed E-state index contributed by atoms with van der Waals surface area (Å²) < 4.78 is 0. The predicted molar refractivity (Wildman–Crippen MR) is 86.3 cm³/mol. The van der Waals surface area contributed by atoms with Crippen molar-refractivity contribution in [1.82, 2.24) is 5.32 Å². The predicted octanol–water partition coefficient (Wildman–Crippen LogP) is 3.55. The van der Waals surface area contributed by atoms with Crippen molar-refractivity contribution < 1.29 is 9.90 Å². The lowest BCUT2D eigenvalue weighted by molar-refractivity contribution is -0.169. The van der Waals surface area contributed by atoms with Crippen LogP contribution in [0.3, 0.4) is 0 Å². The Balaban J connectivity index is 1.39. The Morgan fingerprint density at radius 3 is 2.23 bits per heavy atom. The molecule has 5 aliphatic rings. The van der Waals surface area contributed by atoms with Gasteiger partial charge in [0.15, 0.2) is 0 Å². The lowest BCUT2D eigenvalue weighted by Gasteiger charge is -2.60. The minimum Gasteiger partial charge on any atom is -0.390 e. The largest absolute Gasteiger partial charge is 0.390 e. The molecule has 0 saturated heterocycles. The second-order valence-corrected chi connectivity index (χ2v) is 9.12. The molecule has 3 nitrogen and oxygen atoms in total. The van der Waals surface area contributed by atoms with Crippen LogP contribution in [0.15, 0.2) is 0 Å². The van der Waals surface area contributed by atoms with E-state index < -0.39 is 5.60 Å². The van der Waals surface area contributed by atoms with Crippen molar-refractivity contribution in [1.29, 1.82) is 0 Å². The number of carbonyl (C=O) groups is 1. The highest BCUT2D eigenvalue weighted by molar-refractivity contribution is 5.77. The highest BCUT2D eigenvalue weighted by atomic mass is 16.3. The molecule has 0 spiro atoms. The molecule has 3 heteroatoms. The van der Waals surface area contributed by atoms with Crippen LogP contribution in [0.4, 0.5) is 0 Å². The molecule has 5 rings (SSSR count). The van der Waals surface area contributed by atoms with Crippen molar-refractivity contribution in [2.45, 2.75) is 95.1 Å². The Kier molecular flexibility index (Phi) is 3.75. The van der Waals surface area contributed by atoms with E-state index in [2.05, 4.69) is 5.32 Å². The molecule has 0 radical (unpaired) electrons. The SMILES string of the molecule is O=C(CC12CC3CC(CC(O)(C3)C1)C2)NC1CCCCCC1. The molecular formula is C19H31NO2. The monoisotopic (exact) mass is 305 g/mol. The third kappa shape index (κ3) is 2.93. The summed E-state index contributed by atoms with van der Waals surface area (Å²) in [5.41, 5.74) is -0.319. The molecule has 0 aromatic carbocycles. The fourth-order valence-corrected chi connectivity index (χ4v) is 6.65. The Hall–Kier alpha value is -0.570. The third-order valence-electron chi connectivity index (χ3n) is 6.91. The zero-order valence-corrected chi connectivity index (χ0v) is 13.8. The zero-order valence-electron chi connectivity index (χ0n) is 13.8. The summed E-state index contributed by atoms with van der Waals surface area (Å²) >= 11 is 0. The number of aliphatic hydroxyl groups is 1. The summed E-state index contributed by atoms with van der Waals surface area (Å²) in [6, 6.07) is 0.409. The summed E-state index contributed by atoms with van der Waals surface area (Å²) in [6.07, 6.45) is 14.7. The van der Waals surface area contributed by atoms with E-state index >= 15 is 0 Å². The Morgan fingerprint density at radius 1 is 1.00 bits per heavy atom. The van der Waals surface area contributed by atoms with E-state index in [-0.39, 0.29) is 11.3 Å². The first-order valence-corrected chi connectivity index (χ1v) is 9.56. The minimum atomic E-state index is -0.438. The molecule has 22 heavy (non-hydrogen) atoms. The number of carbonyl (C=O) groups excluding carboxylic acids is 1. The molecule has 2 atom stereocenters. The molecule has 4 bridgehead atoms. The van der Waals surface area contributed by atoms with E-state index in [1.807, 2.05) is 0 Å². The number of rotatable bonds is 3. The molecule has 2 N–H and O–H groups in total. The van der Waals surface area contributed by atoms with Crippen molar-refractivity contribution >= 4 is 5.91 Å². The van der Waals surface area contributed by atoms with Gasteiger partial charge in [0.25, 0.3) is 0 Å². The van der Waals surface area contributed by atoms with Gasteiger partial charge >= 0.3 is 0 Å². The van der Waals surface area contributed by atoms with Crippen LogP contribution >= 0.6 is 0 Å². The van der Waals surface area contributed by atoms with Crippen LogP contribution in [0.2, 0.25) is 0 Å². The molecule has 5 saturated carbocycles.